The summed E-state index contributed by atoms with van der Waals surface area (Å²) in [4.78, 5) is 21.8. The first-order valence-electron chi connectivity index (χ1n) is 5.01. The van der Waals surface area contributed by atoms with Gasteiger partial charge in [-0.05, 0) is 12.8 Å². The molecule has 0 heterocycles. The molecule has 0 fully saturated rings. The van der Waals surface area contributed by atoms with Crippen LogP contribution in [0.25, 0.3) is 0 Å². The molecule has 0 rings (SSSR count). The van der Waals surface area contributed by atoms with Crippen LogP contribution in [-0.4, -0.2) is 42.7 Å². The molecule has 1 unspecified atom stereocenters. The van der Waals surface area contributed by atoms with E-state index in [1.807, 2.05) is 6.92 Å². The number of aliphatic hydroxyl groups excluding tert-OH is 1. The molecule has 5 N–H and O–H groups in total. The Morgan fingerprint density at radius 1 is 1.33 bits per heavy atom. The molecule has 0 bridgehead atoms. The second-order valence-corrected chi connectivity index (χ2v) is 3.18. The lowest BCUT2D eigenvalue weighted by atomic mass is 10.2. The fourth-order valence-electron chi connectivity index (χ4n) is 0.896. The van der Waals surface area contributed by atoms with Crippen LogP contribution < -0.4 is 16.4 Å². The Bertz CT molecular complexity index is 209. The number of carbonyl (C=O) groups excluding carboxylic acids is 2. The summed E-state index contributed by atoms with van der Waals surface area (Å²) < 4.78 is 0. The number of hydrogen-bond donors (Lipinski definition) is 4. The van der Waals surface area contributed by atoms with Gasteiger partial charge < -0.3 is 21.5 Å². The third-order valence-corrected chi connectivity index (χ3v) is 1.90. The first-order valence-corrected chi connectivity index (χ1v) is 5.01. The van der Waals surface area contributed by atoms with Crippen molar-refractivity contribution in [1.82, 2.24) is 10.6 Å². The number of aliphatic hydroxyl groups is 1. The summed E-state index contributed by atoms with van der Waals surface area (Å²) in [6.07, 6.45) is 0.802. The zero-order chi connectivity index (χ0) is 11.7. The summed E-state index contributed by atoms with van der Waals surface area (Å²) in [6, 6.07) is 0. The van der Waals surface area contributed by atoms with Crippen LogP contribution in [-0.2, 0) is 9.59 Å². The first kappa shape index (κ1) is 13.9. The highest BCUT2D eigenvalue weighted by molar-refractivity contribution is 5.85. The van der Waals surface area contributed by atoms with Crippen LogP contribution in [0, 0.1) is 0 Å². The number of carbonyl (C=O) groups is 2. The molecule has 0 spiro atoms. The van der Waals surface area contributed by atoms with Crippen LogP contribution in [0.1, 0.15) is 19.8 Å². The van der Waals surface area contributed by atoms with Crippen LogP contribution in [0.5, 0.6) is 0 Å². The van der Waals surface area contributed by atoms with Crippen LogP contribution in [0.4, 0.5) is 0 Å². The Morgan fingerprint density at radius 2 is 2.00 bits per heavy atom. The summed E-state index contributed by atoms with van der Waals surface area (Å²) in [7, 11) is 0. The summed E-state index contributed by atoms with van der Waals surface area (Å²) in [5, 5.41) is 14.1. The average Bonchev–Trinajstić information content (AvgIpc) is 2.25. The maximum Gasteiger partial charge on any atom is 0.239 e. The van der Waals surface area contributed by atoms with Gasteiger partial charge in [0, 0.05) is 6.54 Å². The maximum atomic E-state index is 11.1. The smallest absolute Gasteiger partial charge is 0.239 e. The lowest BCUT2D eigenvalue weighted by Crippen LogP contribution is -2.40. The highest BCUT2D eigenvalue weighted by Crippen LogP contribution is 1.93. The van der Waals surface area contributed by atoms with Crippen molar-refractivity contribution in [1.29, 1.82) is 0 Å². The Balaban J connectivity index is 3.45. The van der Waals surface area contributed by atoms with Crippen molar-refractivity contribution in [2.75, 3.05) is 19.6 Å². The third-order valence-electron chi connectivity index (χ3n) is 1.90. The van der Waals surface area contributed by atoms with E-state index in [1.54, 1.807) is 0 Å². The van der Waals surface area contributed by atoms with E-state index in [0.717, 1.165) is 0 Å². The molecule has 15 heavy (non-hydrogen) atoms. The zero-order valence-electron chi connectivity index (χ0n) is 8.95. The Kier molecular flexibility index (Phi) is 7.57. The van der Waals surface area contributed by atoms with Gasteiger partial charge in [-0.15, -0.1) is 0 Å². The molecule has 0 aliphatic heterocycles. The average molecular weight is 217 g/mol. The van der Waals surface area contributed by atoms with Gasteiger partial charge in [0.1, 0.15) is 0 Å². The topological polar surface area (TPSA) is 104 Å². The van der Waals surface area contributed by atoms with Gasteiger partial charge in [0.15, 0.2) is 0 Å². The molecule has 0 aliphatic rings. The largest absolute Gasteiger partial charge is 0.393 e. The molecule has 0 saturated carbocycles. The van der Waals surface area contributed by atoms with Gasteiger partial charge in [0.25, 0.3) is 0 Å². The first-order chi connectivity index (χ1) is 7.10. The third kappa shape index (κ3) is 7.90. The molecule has 88 valence electrons. The number of hydrogen-bond acceptors (Lipinski definition) is 4. The molecule has 2 amide bonds. The molecule has 0 saturated heterocycles. The summed E-state index contributed by atoms with van der Waals surface area (Å²) >= 11 is 0. The van der Waals surface area contributed by atoms with Gasteiger partial charge in [-0.3, -0.25) is 9.59 Å². The molecule has 0 radical (unpaired) electrons. The number of rotatable bonds is 7. The zero-order valence-corrected chi connectivity index (χ0v) is 8.95. The highest BCUT2D eigenvalue weighted by atomic mass is 16.3. The second-order valence-electron chi connectivity index (χ2n) is 3.18. The summed E-state index contributed by atoms with van der Waals surface area (Å²) in [6.45, 7) is 2.08. The van der Waals surface area contributed by atoms with E-state index in [0.29, 0.717) is 19.4 Å². The summed E-state index contributed by atoms with van der Waals surface area (Å²) in [5.74, 6) is -0.640. The monoisotopic (exact) mass is 217 g/mol. The molecule has 1 atom stereocenters. The van der Waals surface area contributed by atoms with E-state index in [1.165, 1.54) is 0 Å². The van der Waals surface area contributed by atoms with E-state index in [2.05, 4.69) is 10.6 Å². The van der Waals surface area contributed by atoms with Crippen molar-refractivity contribution >= 4 is 11.8 Å². The van der Waals surface area contributed by atoms with E-state index in [4.69, 9.17) is 5.73 Å². The number of amides is 2. The molecule has 0 aromatic rings. The Labute approximate surface area is 89.2 Å². The van der Waals surface area contributed by atoms with Gasteiger partial charge in [-0.2, -0.15) is 0 Å². The predicted octanol–water partition coefficient (Wildman–Crippen LogP) is -1.66. The molecular weight excluding hydrogens is 198 g/mol. The Hall–Kier alpha value is -1.14. The van der Waals surface area contributed by atoms with Crippen molar-refractivity contribution < 1.29 is 14.7 Å². The minimum absolute atomic E-state index is 0.0712. The van der Waals surface area contributed by atoms with Crippen molar-refractivity contribution in [3.63, 3.8) is 0 Å². The fourth-order valence-corrected chi connectivity index (χ4v) is 0.896. The predicted molar refractivity (Wildman–Crippen MR) is 56.0 cm³/mol. The van der Waals surface area contributed by atoms with Crippen LogP contribution in [0.15, 0.2) is 0 Å². The highest BCUT2D eigenvalue weighted by Gasteiger charge is 2.04. The van der Waals surface area contributed by atoms with Crippen LogP contribution in [0.2, 0.25) is 0 Å². The van der Waals surface area contributed by atoms with Crippen LogP contribution >= 0.6 is 0 Å². The second kappa shape index (κ2) is 8.19. The van der Waals surface area contributed by atoms with Gasteiger partial charge in [0.2, 0.25) is 11.8 Å². The van der Waals surface area contributed by atoms with Gasteiger partial charge >= 0.3 is 0 Å². The van der Waals surface area contributed by atoms with Gasteiger partial charge in [0.05, 0.1) is 19.2 Å². The molecule has 0 aromatic carbocycles. The summed E-state index contributed by atoms with van der Waals surface area (Å²) in [5.41, 5.74) is 5.04. The fraction of sp³-hybridized carbons (Fsp3) is 0.778. The molecular formula is C9H19N3O3. The van der Waals surface area contributed by atoms with Crippen LogP contribution in [0.3, 0.4) is 0 Å². The number of nitrogens with one attached hydrogen (secondary N) is 2. The quantitative estimate of drug-likeness (QED) is 0.409. The van der Waals surface area contributed by atoms with Crippen molar-refractivity contribution in [2.24, 2.45) is 5.73 Å². The normalized spacial score (nSPS) is 11.9. The lowest BCUT2D eigenvalue weighted by molar-refractivity contribution is -0.125. The number of nitrogens with two attached hydrogens (primary N) is 1. The van der Waals surface area contributed by atoms with Crippen molar-refractivity contribution in [2.45, 2.75) is 25.9 Å². The molecule has 0 aromatic heterocycles. The van der Waals surface area contributed by atoms with Crippen molar-refractivity contribution in [3.05, 3.63) is 0 Å². The van der Waals surface area contributed by atoms with E-state index < -0.39 is 0 Å². The van der Waals surface area contributed by atoms with E-state index >= 15 is 0 Å². The Morgan fingerprint density at radius 3 is 2.53 bits per heavy atom. The standard InChI is InChI=1S/C9H19N3O3/c1-2-7(13)3-4-11-9(15)6-12-8(14)5-10/h7,13H,2-6,10H2,1H3,(H,11,15)(H,12,14). The molecule has 6 nitrogen and oxygen atoms in total. The van der Waals surface area contributed by atoms with Crippen molar-refractivity contribution in [3.8, 4) is 0 Å². The SMILES string of the molecule is CCC(O)CCNC(=O)CNC(=O)CN. The minimum atomic E-state index is -0.385. The van der Waals surface area contributed by atoms with E-state index in [9.17, 15) is 14.7 Å². The van der Waals surface area contributed by atoms with Gasteiger partial charge in [-0.1, -0.05) is 6.92 Å². The lowest BCUT2D eigenvalue weighted by Gasteiger charge is -2.09. The minimum Gasteiger partial charge on any atom is -0.393 e. The molecule has 6 heteroatoms. The molecule has 0 aliphatic carbocycles. The van der Waals surface area contributed by atoms with E-state index in [-0.39, 0.29) is 31.0 Å². The van der Waals surface area contributed by atoms with Gasteiger partial charge in [-0.25, -0.2) is 0 Å². The maximum absolute atomic E-state index is 11.1.